The van der Waals surface area contributed by atoms with Crippen LogP contribution in [0.3, 0.4) is 0 Å². The average Bonchev–Trinajstić information content (AvgIpc) is 2.70. The monoisotopic (exact) mass is 346 g/mol. The number of hydrogen-bond acceptors (Lipinski definition) is 1. The van der Waals surface area contributed by atoms with Gasteiger partial charge in [-0.15, -0.1) is 13.2 Å². The minimum atomic E-state index is 0.611. The van der Waals surface area contributed by atoms with Crippen LogP contribution in [0.5, 0.6) is 0 Å². The van der Waals surface area contributed by atoms with Crippen LogP contribution in [-0.2, 0) is 17.8 Å². The Morgan fingerprint density at radius 3 is 1.69 bits per heavy atom. The van der Waals surface area contributed by atoms with E-state index in [2.05, 4.69) is 61.7 Å². The molecule has 0 spiro atoms. The third kappa shape index (κ3) is 4.95. The van der Waals surface area contributed by atoms with E-state index in [0.717, 1.165) is 12.3 Å². The van der Waals surface area contributed by atoms with Crippen LogP contribution in [-0.4, -0.2) is 6.61 Å². The van der Waals surface area contributed by atoms with Gasteiger partial charge in [0.1, 0.15) is 0 Å². The molecule has 3 rings (SSSR count). The molecule has 1 nitrogen and oxygen atoms in total. The van der Waals surface area contributed by atoms with Crippen LogP contribution in [0, 0.1) is 0 Å². The first-order chi connectivity index (χ1) is 12.8. The molecule has 1 aliphatic carbocycles. The van der Waals surface area contributed by atoms with Crippen molar-refractivity contribution in [1.29, 1.82) is 0 Å². The number of rotatable bonds is 8. The summed E-state index contributed by atoms with van der Waals surface area (Å²) in [5.74, 6) is 1.42. The molecule has 2 aromatic carbocycles. The standard InChI is InChI=1S/C25H30O/c1-3-5-20-6-10-22(11-7-20)24-14-16-25(17-15-24)23-12-8-21(9-13-23)19-26-18-4-2/h3-4,6-13,24-25H,1-2,5,14-19H2/t24-,25-. The van der Waals surface area contributed by atoms with Gasteiger partial charge in [0, 0.05) is 0 Å². The van der Waals surface area contributed by atoms with Crippen LogP contribution in [0.15, 0.2) is 73.8 Å². The van der Waals surface area contributed by atoms with Gasteiger partial charge < -0.3 is 4.74 Å². The summed E-state index contributed by atoms with van der Waals surface area (Å²) < 4.78 is 5.52. The average molecular weight is 347 g/mol. The van der Waals surface area contributed by atoms with Crippen molar-refractivity contribution in [2.24, 2.45) is 0 Å². The molecule has 0 radical (unpaired) electrons. The van der Waals surface area contributed by atoms with Gasteiger partial charge in [-0.25, -0.2) is 0 Å². The maximum atomic E-state index is 5.52. The molecule has 0 N–H and O–H groups in total. The van der Waals surface area contributed by atoms with Gasteiger partial charge >= 0.3 is 0 Å². The van der Waals surface area contributed by atoms with Crippen molar-refractivity contribution in [1.82, 2.24) is 0 Å². The number of hydrogen-bond donors (Lipinski definition) is 0. The van der Waals surface area contributed by atoms with E-state index >= 15 is 0 Å². The summed E-state index contributed by atoms with van der Waals surface area (Å²) in [5.41, 5.74) is 5.58. The molecular formula is C25H30O. The van der Waals surface area contributed by atoms with Crippen molar-refractivity contribution in [2.45, 2.75) is 50.5 Å². The van der Waals surface area contributed by atoms with Gasteiger partial charge in [-0.1, -0.05) is 60.7 Å². The van der Waals surface area contributed by atoms with Gasteiger partial charge in [0.15, 0.2) is 0 Å². The van der Waals surface area contributed by atoms with E-state index in [1.807, 2.05) is 6.08 Å². The summed E-state index contributed by atoms with van der Waals surface area (Å²) in [6.45, 7) is 8.78. The van der Waals surface area contributed by atoms with Gasteiger partial charge in [-0.05, 0) is 66.2 Å². The molecule has 2 aromatic rings. The third-order valence-electron chi connectivity index (χ3n) is 5.51. The Labute approximate surface area is 158 Å². The Bertz CT molecular complexity index is 688. The van der Waals surface area contributed by atoms with E-state index in [0.29, 0.717) is 19.1 Å². The number of ether oxygens (including phenoxy) is 1. The molecule has 26 heavy (non-hydrogen) atoms. The van der Waals surface area contributed by atoms with Crippen LogP contribution in [0.2, 0.25) is 0 Å². The topological polar surface area (TPSA) is 9.23 Å². The highest BCUT2D eigenvalue weighted by atomic mass is 16.5. The lowest BCUT2D eigenvalue weighted by Gasteiger charge is -2.29. The summed E-state index contributed by atoms with van der Waals surface area (Å²) in [5, 5.41) is 0. The van der Waals surface area contributed by atoms with Crippen molar-refractivity contribution in [2.75, 3.05) is 6.61 Å². The zero-order chi connectivity index (χ0) is 18.2. The second-order valence-electron chi connectivity index (χ2n) is 7.33. The highest BCUT2D eigenvalue weighted by molar-refractivity contribution is 5.29. The molecule has 0 amide bonds. The zero-order valence-corrected chi connectivity index (χ0v) is 15.7. The molecule has 0 unspecified atom stereocenters. The van der Waals surface area contributed by atoms with Crippen LogP contribution in [0.1, 0.15) is 59.8 Å². The predicted molar refractivity (Wildman–Crippen MR) is 111 cm³/mol. The first-order valence-electron chi connectivity index (χ1n) is 9.77. The van der Waals surface area contributed by atoms with Gasteiger partial charge in [-0.3, -0.25) is 0 Å². The molecule has 0 bridgehead atoms. The lowest BCUT2D eigenvalue weighted by molar-refractivity contribution is 0.149. The Hall–Kier alpha value is -2.12. The Morgan fingerprint density at radius 1 is 0.731 bits per heavy atom. The fourth-order valence-electron chi connectivity index (χ4n) is 4.00. The summed E-state index contributed by atoms with van der Waals surface area (Å²) >= 11 is 0. The SMILES string of the molecule is C=CCOCc1ccc([C@H]2CC[C@H](c3ccc(CC=C)cc3)CC2)cc1. The van der Waals surface area contributed by atoms with Crippen LogP contribution in [0.4, 0.5) is 0 Å². The maximum absolute atomic E-state index is 5.52. The minimum Gasteiger partial charge on any atom is -0.373 e. The second kappa shape index (κ2) is 9.54. The normalized spacial score (nSPS) is 19.8. The van der Waals surface area contributed by atoms with Crippen LogP contribution >= 0.6 is 0 Å². The molecular weight excluding hydrogens is 316 g/mol. The third-order valence-corrected chi connectivity index (χ3v) is 5.51. The molecule has 1 fully saturated rings. The highest BCUT2D eigenvalue weighted by Gasteiger charge is 2.23. The van der Waals surface area contributed by atoms with E-state index in [1.54, 1.807) is 6.08 Å². The maximum Gasteiger partial charge on any atom is 0.0721 e. The van der Waals surface area contributed by atoms with Crippen molar-refractivity contribution in [3.8, 4) is 0 Å². The van der Waals surface area contributed by atoms with Gasteiger partial charge in [-0.2, -0.15) is 0 Å². The smallest absolute Gasteiger partial charge is 0.0721 e. The number of allylic oxidation sites excluding steroid dienone is 1. The van der Waals surface area contributed by atoms with Crippen molar-refractivity contribution < 1.29 is 4.74 Å². The largest absolute Gasteiger partial charge is 0.373 e. The van der Waals surface area contributed by atoms with E-state index < -0.39 is 0 Å². The second-order valence-corrected chi connectivity index (χ2v) is 7.33. The summed E-state index contributed by atoms with van der Waals surface area (Å²) in [6, 6.07) is 18.2. The lowest BCUT2D eigenvalue weighted by Crippen LogP contribution is -2.12. The van der Waals surface area contributed by atoms with E-state index in [9.17, 15) is 0 Å². The Morgan fingerprint density at radius 2 is 1.23 bits per heavy atom. The van der Waals surface area contributed by atoms with E-state index in [1.165, 1.54) is 47.9 Å². The van der Waals surface area contributed by atoms with Gasteiger partial charge in [0.2, 0.25) is 0 Å². The molecule has 0 heterocycles. The minimum absolute atomic E-state index is 0.611. The van der Waals surface area contributed by atoms with Crippen LogP contribution < -0.4 is 0 Å². The first-order valence-corrected chi connectivity index (χ1v) is 9.77. The quantitative estimate of drug-likeness (QED) is 0.388. The lowest BCUT2D eigenvalue weighted by atomic mass is 9.76. The fraction of sp³-hybridized carbons (Fsp3) is 0.360. The zero-order valence-electron chi connectivity index (χ0n) is 15.7. The summed E-state index contributed by atoms with van der Waals surface area (Å²) in [4.78, 5) is 0. The first kappa shape index (κ1) is 18.7. The van der Waals surface area contributed by atoms with E-state index in [-0.39, 0.29) is 0 Å². The van der Waals surface area contributed by atoms with E-state index in [4.69, 9.17) is 4.74 Å². The Balaban J connectivity index is 1.52. The predicted octanol–water partition coefficient (Wildman–Crippen LogP) is 6.56. The molecule has 0 atom stereocenters. The molecule has 1 heteroatoms. The van der Waals surface area contributed by atoms with Crippen molar-refractivity contribution >= 4 is 0 Å². The number of benzene rings is 2. The molecule has 0 saturated heterocycles. The molecule has 1 saturated carbocycles. The molecule has 1 aliphatic rings. The fourth-order valence-corrected chi connectivity index (χ4v) is 4.00. The molecule has 0 aromatic heterocycles. The van der Waals surface area contributed by atoms with Crippen molar-refractivity contribution in [3.05, 3.63) is 96.1 Å². The highest BCUT2D eigenvalue weighted by Crippen LogP contribution is 2.40. The Kier molecular flexibility index (Phi) is 6.85. The van der Waals surface area contributed by atoms with Crippen LogP contribution in [0.25, 0.3) is 0 Å². The molecule has 136 valence electrons. The summed E-state index contributed by atoms with van der Waals surface area (Å²) in [7, 11) is 0. The van der Waals surface area contributed by atoms with Gasteiger partial charge in [0.25, 0.3) is 0 Å². The summed E-state index contributed by atoms with van der Waals surface area (Å²) in [6.07, 6.45) is 9.86. The molecule has 0 aliphatic heterocycles. The van der Waals surface area contributed by atoms with Gasteiger partial charge in [0.05, 0.1) is 13.2 Å². The van der Waals surface area contributed by atoms with Crippen molar-refractivity contribution in [3.63, 3.8) is 0 Å².